The van der Waals surface area contributed by atoms with Crippen LogP contribution in [0.1, 0.15) is 48.8 Å². The van der Waals surface area contributed by atoms with Crippen LogP contribution in [0.4, 0.5) is 10.5 Å². The number of hydrogen-bond acceptors (Lipinski definition) is 5. The van der Waals surface area contributed by atoms with E-state index in [4.69, 9.17) is 4.74 Å². The number of carbonyl (C=O) groups is 2. The third-order valence-electron chi connectivity index (χ3n) is 5.04. The number of nitrogens with one attached hydrogen (secondary N) is 2. The van der Waals surface area contributed by atoms with Gasteiger partial charge < -0.3 is 20.3 Å². The highest BCUT2D eigenvalue weighted by atomic mass is 16.6. The van der Waals surface area contributed by atoms with E-state index in [1.165, 1.54) is 5.56 Å². The molecule has 1 unspecified atom stereocenters. The van der Waals surface area contributed by atoms with E-state index in [1.54, 1.807) is 24.1 Å². The van der Waals surface area contributed by atoms with Crippen LogP contribution < -0.4 is 10.6 Å². The standard InChI is InChI=1S/C22H28N4O3/c1-3-29-22(28)26-13-11-18(12-14-26)25-21(27)20-10-9-19(15-23-20)24-16(2)17-7-5-4-6-8-17/h4-10,15-16,18,24H,3,11-14H2,1-2H3,(H,25,27). The Labute approximate surface area is 171 Å². The van der Waals surface area contributed by atoms with Gasteiger partial charge in [0.2, 0.25) is 0 Å². The molecule has 1 aliphatic rings. The van der Waals surface area contributed by atoms with Gasteiger partial charge in [-0.3, -0.25) is 4.79 Å². The average molecular weight is 396 g/mol. The maximum absolute atomic E-state index is 12.5. The molecule has 29 heavy (non-hydrogen) atoms. The summed E-state index contributed by atoms with van der Waals surface area (Å²) >= 11 is 0. The summed E-state index contributed by atoms with van der Waals surface area (Å²) < 4.78 is 5.02. The first kappa shape index (κ1) is 20.6. The third-order valence-corrected chi connectivity index (χ3v) is 5.04. The largest absolute Gasteiger partial charge is 0.450 e. The Balaban J connectivity index is 1.49. The van der Waals surface area contributed by atoms with Crippen molar-refractivity contribution in [2.24, 2.45) is 0 Å². The van der Waals surface area contributed by atoms with E-state index in [0.717, 1.165) is 5.69 Å². The van der Waals surface area contributed by atoms with Gasteiger partial charge in [-0.1, -0.05) is 30.3 Å². The molecule has 2 heterocycles. The van der Waals surface area contributed by atoms with Gasteiger partial charge in [0.1, 0.15) is 5.69 Å². The molecule has 2 N–H and O–H groups in total. The van der Waals surface area contributed by atoms with Gasteiger partial charge in [0, 0.05) is 25.2 Å². The monoisotopic (exact) mass is 396 g/mol. The lowest BCUT2D eigenvalue weighted by molar-refractivity contribution is 0.0856. The molecule has 1 aliphatic heterocycles. The summed E-state index contributed by atoms with van der Waals surface area (Å²) in [5.41, 5.74) is 2.43. The Morgan fingerprint density at radius 3 is 2.52 bits per heavy atom. The van der Waals surface area contributed by atoms with E-state index >= 15 is 0 Å². The van der Waals surface area contributed by atoms with Gasteiger partial charge >= 0.3 is 6.09 Å². The van der Waals surface area contributed by atoms with E-state index < -0.39 is 0 Å². The highest BCUT2D eigenvalue weighted by molar-refractivity contribution is 5.92. The van der Waals surface area contributed by atoms with Gasteiger partial charge in [0.25, 0.3) is 5.91 Å². The average Bonchev–Trinajstić information content (AvgIpc) is 2.75. The number of benzene rings is 1. The van der Waals surface area contributed by atoms with Crippen molar-refractivity contribution in [2.75, 3.05) is 25.0 Å². The number of ether oxygens (including phenoxy) is 1. The molecule has 0 bridgehead atoms. The van der Waals surface area contributed by atoms with Crippen LogP contribution in [0, 0.1) is 0 Å². The zero-order valence-corrected chi connectivity index (χ0v) is 16.9. The lowest BCUT2D eigenvalue weighted by atomic mass is 10.1. The summed E-state index contributed by atoms with van der Waals surface area (Å²) in [5.74, 6) is -0.192. The molecule has 1 fully saturated rings. The van der Waals surface area contributed by atoms with Crippen molar-refractivity contribution in [1.82, 2.24) is 15.2 Å². The summed E-state index contributed by atoms with van der Waals surface area (Å²) in [6.45, 7) is 5.41. The fourth-order valence-corrected chi connectivity index (χ4v) is 3.37. The number of piperidine rings is 1. The van der Waals surface area contributed by atoms with Crippen molar-refractivity contribution < 1.29 is 14.3 Å². The molecule has 1 atom stereocenters. The van der Waals surface area contributed by atoms with Gasteiger partial charge in [-0.15, -0.1) is 0 Å². The van der Waals surface area contributed by atoms with Crippen molar-refractivity contribution in [3.05, 3.63) is 59.9 Å². The lowest BCUT2D eigenvalue weighted by Crippen LogP contribution is -2.46. The first-order chi connectivity index (χ1) is 14.1. The second-order valence-corrected chi connectivity index (χ2v) is 7.14. The number of rotatable bonds is 6. The van der Waals surface area contributed by atoms with Crippen LogP contribution in [0.2, 0.25) is 0 Å². The third kappa shape index (κ3) is 5.70. The molecule has 0 spiro atoms. The topological polar surface area (TPSA) is 83.6 Å². The molecule has 0 saturated carbocycles. The SMILES string of the molecule is CCOC(=O)N1CCC(NC(=O)c2ccc(NC(C)c3ccccc3)cn2)CC1. The number of hydrogen-bond donors (Lipinski definition) is 2. The Kier molecular flexibility index (Phi) is 7.05. The van der Waals surface area contributed by atoms with Crippen LogP contribution in [0.15, 0.2) is 48.7 Å². The Hall–Kier alpha value is -3.09. The summed E-state index contributed by atoms with van der Waals surface area (Å²) in [4.78, 5) is 30.2. The van der Waals surface area contributed by atoms with Crippen LogP contribution in [-0.4, -0.2) is 47.6 Å². The van der Waals surface area contributed by atoms with Crippen molar-refractivity contribution in [1.29, 1.82) is 0 Å². The highest BCUT2D eigenvalue weighted by Crippen LogP contribution is 2.18. The summed E-state index contributed by atoms with van der Waals surface area (Å²) in [7, 11) is 0. The van der Waals surface area contributed by atoms with Crippen LogP contribution >= 0.6 is 0 Å². The van der Waals surface area contributed by atoms with E-state index in [2.05, 4.69) is 34.7 Å². The molecule has 1 aromatic heterocycles. The van der Waals surface area contributed by atoms with Gasteiger partial charge in [-0.2, -0.15) is 0 Å². The second-order valence-electron chi connectivity index (χ2n) is 7.14. The zero-order chi connectivity index (χ0) is 20.6. The molecule has 1 aromatic carbocycles. The van der Waals surface area contributed by atoms with Crippen LogP contribution in [-0.2, 0) is 4.74 Å². The first-order valence-corrected chi connectivity index (χ1v) is 10.1. The molecule has 3 rings (SSSR count). The predicted octanol–water partition coefficient (Wildman–Crippen LogP) is 3.61. The molecule has 2 amide bonds. The van der Waals surface area contributed by atoms with Gasteiger partial charge in [-0.25, -0.2) is 9.78 Å². The molecule has 0 radical (unpaired) electrons. The van der Waals surface area contributed by atoms with Gasteiger partial charge in [0.05, 0.1) is 18.5 Å². The molecule has 154 valence electrons. The van der Waals surface area contributed by atoms with Gasteiger partial charge in [0.15, 0.2) is 0 Å². The number of likely N-dealkylation sites (tertiary alicyclic amines) is 1. The number of nitrogens with zero attached hydrogens (tertiary/aromatic N) is 2. The Morgan fingerprint density at radius 2 is 1.90 bits per heavy atom. The van der Waals surface area contributed by atoms with Crippen molar-refractivity contribution in [2.45, 2.75) is 38.8 Å². The number of pyridine rings is 1. The van der Waals surface area contributed by atoms with Crippen molar-refractivity contribution in [3.63, 3.8) is 0 Å². The number of carbonyl (C=O) groups excluding carboxylic acids is 2. The lowest BCUT2D eigenvalue weighted by Gasteiger charge is -2.31. The molecule has 7 heteroatoms. The minimum Gasteiger partial charge on any atom is -0.450 e. The van der Waals surface area contributed by atoms with E-state index in [0.29, 0.717) is 38.2 Å². The Bertz CT molecular complexity index is 803. The molecule has 0 aliphatic carbocycles. The number of aromatic nitrogens is 1. The van der Waals surface area contributed by atoms with Crippen molar-refractivity contribution >= 4 is 17.7 Å². The van der Waals surface area contributed by atoms with Gasteiger partial charge in [-0.05, 0) is 44.4 Å². The van der Waals surface area contributed by atoms with Crippen LogP contribution in [0.25, 0.3) is 0 Å². The molecular formula is C22H28N4O3. The quantitative estimate of drug-likeness (QED) is 0.779. The fourth-order valence-electron chi connectivity index (χ4n) is 3.37. The summed E-state index contributed by atoms with van der Waals surface area (Å²) in [5, 5.41) is 6.40. The van der Waals surface area contributed by atoms with E-state index in [9.17, 15) is 9.59 Å². The fraction of sp³-hybridized carbons (Fsp3) is 0.409. The smallest absolute Gasteiger partial charge is 0.409 e. The molecular weight excluding hydrogens is 368 g/mol. The predicted molar refractivity (Wildman–Crippen MR) is 112 cm³/mol. The second kappa shape index (κ2) is 9.91. The molecule has 2 aromatic rings. The Morgan fingerprint density at radius 1 is 1.17 bits per heavy atom. The maximum Gasteiger partial charge on any atom is 0.409 e. The first-order valence-electron chi connectivity index (χ1n) is 10.1. The molecule has 1 saturated heterocycles. The maximum atomic E-state index is 12.5. The minimum absolute atomic E-state index is 0.0332. The van der Waals surface area contributed by atoms with E-state index in [-0.39, 0.29) is 24.1 Å². The van der Waals surface area contributed by atoms with Crippen LogP contribution in [0.5, 0.6) is 0 Å². The minimum atomic E-state index is -0.285. The summed E-state index contributed by atoms with van der Waals surface area (Å²) in [6, 6.07) is 13.9. The number of amides is 2. The van der Waals surface area contributed by atoms with E-state index in [1.807, 2.05) is 24.3 Å². The zero-order valence-electron chi connectivity index (χ0n) is 16.9. The van der Waals surface area contributed by atoms with Crippen LogP contribution in [0.3, 0.4) is 0 Å². The molecule has 7 nitrogen and oxygen atoms in total. The number of anilines is 1. The van der Waals surface area contributed by atoms with Crippen molar-refractivity contribution in [3.8, 4) is 0 Å². The highest BCUT2D eigenvalue weighted by Gasteiger charge is 2.25. The normalized spacial score (nSPS) is 15.4. The summed E-state index contributed by atoms with van der Waals surface area (Å²) in [6.07, 6.45) is 2.81.